The molecule has 0 atom stereocenters. The Morgan fingerprint density at radius 2 is 1.97 bits per heavy atom. The highest BCUT2D eigenvalue weighted by molar-refractivity contribution is 5.94. The number of hydrogen-bond acceptors (Lipinski definition) is 7. The summed E-state index contributed by atoms with van der Waals surface area (Å²) in [6.45, 7) is 1.67. The first-order valence-corrected chi connectivity index (χ1v) is 10.1. The number of pyridine rings is 1. The molecular weight excluding hydrogens is 404 g/mol. The van der Waals surface area contributed by atoms with Crippen LogP contribution in [0.4, 0.5) is 8.78 Å². The van der Waals surface area contributed by atoms with E-state index in [1.165, 1.54) is 6.39 Å². The maximum atomic E-state index is 13.4. The van der Waals surface area contributed by atoms with Gasteiger partial charge in [-0.05, 0) is 29.8 Å². The number of benzene rings is 1. The standard InChI is InChI=1S/C22H21F2N5O2/c23-22(24)3-5-29(6-4-22)12-14-1-2-19(26-11-14)15-7-16-8-17(10-25)31-20(16)18(9-15)21-28-27-13-30-21/h1-2,7-9,11,13H,3-6,10,12,25H2. The predicted molar refractivity (Wildman–Crippen MR) is 110 cm³/mol. The van der Waals surface area contributed by atoms with Gasteiger partial charge in [-0.1, -0.05) is 6.07 Å². The Morgan fingerprint density at radius 1 is 1.13 bits per heavy atom. The van der Waals surface area contributed by atoms with Crippen LogP contribution in [0, 0.1) is 0 Å². The van der Waals surface area contributed by atoms with Gasteiger partial charge in [0.25, 0.3) is 11.8 Å². The zero-order chi connectivity index (χ0) is 21.4. The van der Waals surface area contributed by atoms with Crippen LogP contribution in [0.3, 0.4) is 0 Å². The van der Waals surface area contributed by atoms with Gasteiger partial charge < -0.3 is 14.6 Å². The average Bonchev–Trinajstić information content (AvgIpc) is 3.45. The summed E-state index contributed by atoms with van der Waals surface area (Å²) in [4.78, 5) is 6.64. The summed E-state index contributed by atoms with van der Waals surface area (Å²) in [6.07, 6.45) is 2.88. The number of nitrogens with zero attached hydrogens (tertiary/aromatic N) is 4. The van der Waals surface area contributed by atoms with Crippen LogP contribution in [0.15, 0.2) is 51.8 Å². The highest BCUT2D eigenvalue weighted by Crippen LogP contribution is 2.35. The van der Waals surface area contributed by atoms with Crippen LogP contribution < -0.4 is 5.73 Å². The molecule has 1 aliphatic rings. The van der Waals surface area contributed by atoms with Crippen molar-refractivity contribution in [2.75, 3.05) is 13.1 Å². The molecule has 160 valence electrons. The molecule has 0 amide bonds. The summed E-state index contributed by atoms with van der Waals surface area (Å²) in [5, 5.41) is 8.64. The van der Waals surface area contributed by atoms with Crippen molar-refractivity contribution in [2.24, 2.45) is 5.73 Å². The second-order valence-corrected chi connectivity index (χ2v) is 7.79. The number of alkyl halides is 2. The number of piperidine rings is 1. The molecule has 0 radical (unpaired) electrons. The lowest BCUT2D eigenvalue weighted by Crippen LogP contribution is -2.38. The predicted octanol–water partition coefficient (Wildman–Crippen LogP) is 4.23. The molecule has 0 aliphatic carbocycles. The molecule has 0 spiro atoms. The molecule has 5 rings (SSSR count). The average molecular weight is 425 g/mol. The molecule has 1 fully saturated rings. The second-order valence-electron chi connectivity index (χ2n) is 7.79. The third-order valence-electron chi connectivity index (χ3n) is 5.57. The number of halogens is 2. The number of rotatable bonds is 5. The molecule has 0 unspecified atom stereocenters. The first-order chi connectivity index (χ1) is 15.0. The topological polar surface area (TPSA) is 94.2 Å². The van der Waals surface area contributed by atoms with Crippen molar-refractivity contribution in [1.82, 2.24) is 20.1 Å². The fraction of sp³-hybridized carbons (Fsp3) is 0.318. The van der Waals surface area contributed by atoms with E-state index in [0.717, 1.165) is 22.2 Å². The van der Waals surface area contributed by atoms with Gasteiger partial charge in [0, 0.05) is 49.6 Å². The molecule has 7 nitrogen and oxygen atoms in total. The van der Waals surface area contributed by atoms with Crippen molar-refractivity contribution < 1.29 is 17.6 Å². The summed E-state index contributed by atoms with van der Waals surface area (Å²) in [5.74, 6) is -1.53. The van der Waals surface area contributed by atoms with E-state index in [1.807, 2.05) is 35.2 Å². The number of likely N-dealkylation sites (tertiary alicyclic amines) is 1. The van der Waals surface area contributed by atoms with Crippen molar-refractivity contribution in [3.63, 3.8) is 0 Å². The van der Waals surface area contributed by atoms with E-state index in [1.54, 1.807) is 6.20 Å². The van der Waals surface area contributed by atoms with Gasteiger partial charge in [0.15, 0.2) is 0 Å². The lowest BCUT2D eigenvalue weighted by atomic mass is 10.0. The van der Waals surface area contributed by atoms with Crippen molar-refractivity contribution in [3.05, 3.63) is 54.2 Å². The number of furan rings is 1. The minimum atomic E-state index is -2.54. The minimum Gasteiger partial charge on any atom is -0.459 e. The molecule has 2 N–H and O–H groups in total. The Morgan fingerprint density at radius 3 is 2.65 bits per heavy atom. The molecule has 1 aliphatic heterocycles. The molecular formula is C22H21F2N5O2. The van der Waals surface area contributed by atoms with Crippen LogP contribution in [0.1, 0.15) is 24.2 Å². The Balaban J connectivity index is 1.43. The first-order valence-electron chi connectivity index (χ1n) is 10.1. The van der Waals surface area contributed by atoms with Gasteiger partial charge >= 0.3 is 0 Å². The summed E-state index contributed by atoms with van der Waals surface area (Å²) >= 11 is 0. The molecule has 0 bridgehead atoms. The van der Waals surface area contributed by atoms with Gasteiger partial charge in [-0.2, -0.15) is 0 Å². The van der Waals surface area contributed by atoms with Gasteiger partial charge in [0.05, 0.1) is 17.8 Å². The largest absolute Gasteiger partial charge is 0.459 e. The fourth-order valence-corrected chi connectivity index (χ4v) is 3.89. The molecule has 31 heavy (non-hydrogen) atoms. The van der Waals surface area contributed by atoms with Gasteiger partial charge in [-0.3, -0.25) is 9.88 Å². The Labute approximate surface area is 176 Å². The highest BCUT2D eigenvalue weighted by Gasteiger charge is 2.33. The zero-order valence-corrected chi connectivity index (χ0v) is 16.7. The van der Waals surface area contributed by atoms with Crippen molar-refractivity contribution in [1.29, 1.82) is 0 Å². The highest BCUT2D eigenvalue weighted by atomic mass is 19.3. The third kappa shape index (κ3) is 4.06. The number of fused-ring (bicyclic) bond motifs is 1. The van der Waals surface area contributed by atoms with E-state index >= 15 is 0 Å². The summed E-state index contributed by atoms with van der Waals surface area (Å²) in [7, 11) is 0. The maximum Gasteiger partial charge on any atom is 0.251 e. The normalized spacial score (nSPS) is 16.7. The lowest BCUT2D eigenvalue weighted by molar-refractivity contribution is -0.0566. The molecule has 4 heterocycles. The zero-order valence-electron chi connectivity index (χ0n) is 16.7. The maximum absolute atomic E-state index is 13.4. The summed E-state index contributed by atoms with van der Waals surface area (Å²) < 4.78 is 38.0. The Hall–Kier alpha value is -3.17. The molecule has 1 saturated heterocycles. The second kappa shape index (κ2) is 7.82. The van der Waals surface area contributed by atoms with Crippen LogP contribution in [-0.2, 0) is 13.1 Å². The summed E-state index contributed by atoms with van der Waals surface area (Å²) in [6, 6.07) is 9.67. The molecule has 1 aromatic carbocycles. The SMILES string of the molecule is NCc1cc2cc(-c3ccc(CN4CCC(F)(F)CC4)cn3)cc(-c3nnco3)c2o1. The molecule has 0 saturated carbocycles. The van der Waals surface area contributed by atoms with Crippen LogP contribution >= 0.6 is 0 Å². The Kier molecular flexibility index (Phi) is 4.99. The minimum absolute atomic E-state index is 0.0908. The fourth-order valence-electron chi connectivity index (χ4n) is 3.89. The van der Waals surface area contributed by atoms with E-state index in [9.17, 15) is 8.78 Å². The van der Waals surface area contributed by atoms with Gasteiger partial charge in [0.2, 0.25) is 6.39 Å². The van der Waals surface area contributed by atoms with E-state index in [4.69, 9.17) is 14.6 Å². The quantitative estimate of drug-likeness (QED) is 0.511. The smallest absolute Gasteiger partial charge is 0.251 e. The van der Waals surface area contributed by atoms with Crippen molar-refractivity contribution in [2.45, 2.75) is 31.9 Å². The van der Waals surface area contributed by atoms with Gasteiger partial charge in [-0.15, -0.1) is 10.2 Å². The number of aromatic nitrogens is 3. The van der Waals surface area contributed by atoms with Crippen LogP contribution in [-0.4, -0.2) is 39.1 Å². The van der Waals surface area contributed by atoms with E-state index in [0.29, 0.717) is 42.4 Å². The van der Waals surface area contributed by atoms with Crippen LogP contribution in [0.25, 0.3) is 33.7 Å². The van der Waals surface area contributed by atoms with Crippen molar-refractivity contribution >= 4 is 11.0 Å². The van der Waals surface area contributed by atoms with E-state index < -0.39 is 5.92 Å². The molecule has 9 heteroatoms. The molecule has 4 aromatic rings. The monoisotopic (exact) mass is 425 g/mol. The summed E-state index contributed by atoms with van der Waals surface area (Å²) in [5.41, 5.74) is 9.67. The van der Waals surface area contributed by atoms with E-state index in [-0.39, 0.29) is 19.4 Å². The third-order valence-corrected chi connectivity index (χ3v) is 5.57. The van der Waals surface area contributed by atoms with Gasteiger partial charge in [0.1, 0.15) is 11.3 Å². The van der Waals surface area contributed by atoms with Crippen LogP contribution in [0.2, 0.25) is 0 Å². The number of nitrogens with two attached hydrogens (primary N) is 1. The van der Waals surface area contributed by atoms with Crippen molar-refractivity contribution in [3.8, 4) is 22.7 Å². The van der Waals surface area contributed by atoms with E-state index in [2.05, 4.69) is 15.2 Å². The first kappa shape index (κ1) is 19.8. The Bertz CT molecular complexity index is 1180. The number of hydrogen-bond donors (Lipinski definition) is 1. The van der Waals surface area contributed by atoms with Crippen LogP contribution in [0.5, 0.6) is 0 Å². The van der Waals surface area contributed by atoms with Gasteiger partial charge in [-0.25, -0.2) is 8.78 Å². The molecule has 3 aromatic heterocycles. The lowest BCUT2D eigenvalue weighted by Gasteiger charge is -2.31.